The van der Waals surface area contributed by atoms with Crippen LogP contribution < -0.4 is 5.32 Å². The van der Waals surface area contributed by atoms with Crippen LogP contribution in [-0.2, 0) is 14.3 Å². The first kappa shape index (κ1) is 82.3. The van der Waals surface area contributed by atoms with E-state index in [9.17, 15) is 40.5 Å². The summed E-state index contributed by atoms with van der Waals surface area (Å²) in [7, 11) is 0. The molecule has 1 fully saturated rings. The summed E-state index contributed by atoms with van der Waals surface area (Å²) in [6.45, 7) is 3.50. The Hall–Kier alpha value is -1.67. The highest BCUT2D eigenvalue weighted by Crippen LogP contribution is 2.24. The number of aliphatic hydroxyl groups excluding tert-OH is 7. The van der Waals surface area contributed by atoms with Crippen LogP contribution in [-0.4, -0.2) is 110 Å². The summed E-state index contributed by atoms with van der Waals surface area (Å²) in [4.78, 5) is 13.3. The minimum absolute atomic E-state index is 0.243. The van der Waals surface area contributed by atoms with E-state index in [4.69, 9.17) is 9.47 Å². The van der Waals surface area contributed by atoms with E-state index in [2.05, 4.69) is 55.6 Å². The number of amides is 1. The van der Waals surface area contributed by atoms with Gasteiger partial charge in [-0.1, -0.05) is 339 Å². The van der Waals surface area contributed by atoms with Crippen molar-refractivity contribution in [3.05, 3.63) is 36.5 Å². The zero-order valence-corrected chi connectivity index (χ0v) is 56.3. The third-order valence-electron chi connectivity index (χ3n) is 18.2. The maximum atomic E-state index is 13.3. The van der Waals surface area contributed by atoms with Crippen LogP contribution >= 0.6 is 0 Å². The van der Waals surface area contributed by atoms with Gasteiger partial charge in [-0.15, -0.1) is 0 Å². The molecule has 1 saturated heterocycles. The topological polar surface area (TPSA) is 189 Å². The van der Waals surface area contributed by atoms with Crippen LogP contribution in [0.4, 0.5) is 0 Å². The third kappa shape index (κ3) is 50.0. The Kier molecular flexibility index (Phi) is 60.8. The zero-order chi connectivity index (χ0) is 62.4. The molecule has 1 aliphatic heterocycles. The highest BCUT2D eigenvalue weighted by atomic mass is 16.7. The SMILES string of the molecule is CCCCCCCCCCCCCCCCCC/C=C/CC/C=C/CC/C=C/CCCC(O)C(O)C(COC1OC(CO)C(O)C(O)C1O)NC(=O)C(O)CCCCCCCCCCCCCCCCCCCCCCCCCCCCCCCC. The molecule has 9 unspecified atom stereocenters. The normalized spacial score (nSPS) is 18.9. The maximum absolute atomic E-state index is 13.3. The standard InChI is InChI=1S/C75H143NO10/c1-3-5-7-9-11-13-15-17-19-21-23-25-27-29-31-33-35-37-39-41-43-45-47-49-51-53-55-57-59-61-63-68(79)74(84)76-66(65-85-75-73(83)72(82)71(81)69(64-77)86-75)70(80)67(78)62-60-58-56-54-52-50-48-46-44-42-40-38-36-34-32-30-28-26-24-22-20-18-16-14-12-10-8-6-4-2/h38,40,46,48,54,56,66-73,75,77-83H,3-37,39,41-45,47,49-53,55,57-65H2,1-2H3,(H,76,84)/b40-38+,48-46+,56-54+. The van der Waals surface area contributed by atoms with Crippen molar-refractivity contribution in [2.24, 2.45) is 0 Å². The quantitative estimate of drug-likeness (QED) is 0.0215. The largest absolute Gasteiger partial charge is 0.394 e. The fourth-order valence-electron chi connectivity index (χ4n) is 12.2. The average molecular weight is 1220 g/mol. The van der Waals surface area contributed by atoms with Crippen molar-refractivity contribution in [1.82, 2.24) is 5.32 Å². The maximum Gasteiger partial charge on any atom is 0.249 e. The highest BCUT2D eigenvalue weighted by molar-refractivity contribution is 5.80. The number of carbonyl (C=O) groups is 1. The summed E-state index contributed by atoms with van der Waals surface area (Å²) in [6, 6.07) is -1.19. The molecule has 1 amide bonds. The van der Waals surface area contributed by atoms with Gasteiger partial charge in [0.15, 0.2) is 6.29 Å². The molecule has 0 bridgehead atoms. The number of nitrogens with one attached hydrogen (secondary N) is 1. The van der Waals surface area contributed by atoms with Crippen molar-refractivity contribution in [3.8, 4) is 0 Å². The van der Waals surface area contributed by atoms with Crippen LogP contribution in [0.1, 0.15) is 367 Å². The zero-order valence-electron chi connectivity index (χ0n) is 56.3. The molecule has 0 saturated carbocycles. The number of ether oxygens (including phenoxy) is 2. The molecular formula is C75H143NO10. The van der Waals surface area contributed by atoms with E-state index < -0.39 is 74.2 Å². The van der Waals surface area contributed by atoms with Gasteiger partial charge in [-0.3, -0.25) is 4.79 Å². The molecule has 9 atom stereocenters. The predicted molar refractivity (Wildman–Crippen MR) is 362 cm³/mol. The molecule has 508 valence electrons. The lowest BCUT2D eigenvalue weighted by molar-refractivity contribution is -0.303. The monoisotopic (exact) mass is 1220 g/mol. The van der Waals surface area contributed by atoms with E-state index >= 15 is 0 Å². The smallest absolute Gasteiger partial charge is 0.249 e. The van der Waals surface area contributed by atoms with Crippen molar-refractivity contribution >= 4 is 5.91 Å². The van der Waals surface area contributed by atoms with E-state index in [0.29, 0.717) is 19.3 Å². The van der Waals surface area contributed by atoms with Gasteiger partial charge in [-0.05, 0) is 64.2 Å². The van der Waals surface area contributed by atoms with Crippen molar-refractivity contribution in [2.45, 2.75) is 422 Å². The van der Waals surface area contributed by atoms with Crippen LogP contribution in [0.15, 0.2) is 36.5 Å². The molecule has 0 aliphatic carbocycles. The van der Waals surface area contributed by atoms with E-state index in [1.165, 1.54) is 276 Å². The van der Waals surface area contributed by atoms with E-state index in [-0.39, 0.29) is 12.8 Å². The molecule has 0 spiro atoms. The van der Waals surface area contributed by atoms with Crippen molar-refractivity contribution < 1.29 is 50.0 Å². The Morgan fingerprint density at radius 3 is 1.03 bits per heavy atom. The van der Waals surface area contributed by atoms with Crippen LogP contribution in [0.5, 0.6) is 0 Å². The third-order valence-corrected chi connectivity index (χ3v) is 18.2. The molecule has 0 aromatic rings. The van der Waals surface area contributed by atoms with Gasteiger partial charge in [0, 0.05) is 0 Å². The van der Waals surface area contributed by atoms with Crippen molar-refractivity contribution in [1.29, 1.82) is 0 Å². The first-order valence-electron chi connectivity index (χ1n) is 37.4. The van der Waals surface area contributed by atoms with Gasteiger partial charge in [-0.25, -0.2) is 0 Å². The molecule has 86 heavy (non-hydrogen) atoms. The summed E-state index contributed by atoms with van der Waals surface area (Å²) < 4.78 is 11.2. The second kappa shape index (κ2) is 63.5. The first-order valence-corrected chi connectivity index (χ1v) is 37.4. The minimum Gasteiger partial charge on any atom is -0.394 e. The van der Waals surface area contributed by atoms with Crippen LogP contribution in [0, 0.1) is 0 Å². The summed E-state index contributed by atoms with van der Waals surface area (Å²) in [5, 5.41) is 76.6. The Balaban J connectivity index is 2.20. The van der Waals surface area contributed by atoms with E-state index in [1.54, 1.807) is 0 Å². The first-order chi connectivity index (χ1) is 42.2. The summed E-state index contributed by atoms with van der Waals surface area (Å²) >= 11 is 0. The van der Waals surface area contributed by atoms with Crippen LogP contribution in [0.3, 0.4) is 0 Å². The molecule has 0 aromatic carbocycles. The average Bonchev–Trinajstić information content (AvgIpc) is 2.94. The molecule has 8 N–H and O–H groups in total. The fourth-order valence-corrected chi connectivity index (χ4v) is 12.2. The van der Waals surface area contributed by atoms with Gasteiger partial charge < -0.3 is 50.5 Å². The summed E-state index contributed by atoms with van der Waals surface area (Å²) in [6.07, 6.45) is 71.1. The fraction of sp³-hybridized carbons (Fsp3) is 0.907. The van der Waals surface area contributed by atoms with Crippen LogP contribution in [0.2, 0.25) is 0 Å². The molecule has 11 nitrogen and oxygen atoms in total. The minimum atomic E-state index is -1.67. The van der Waals surface area contributed by atoms with Crippen molar-refractivity contribution in [3.63, 3.8) is 0 Å². The number of carbonyl (C=O) groups excluding carboxylic acids is 1. The molecular weight excluding hydrogens is 1070 g/mol. The number of allylic oxidation sites excluding steroid dienone is 6. The molecule has 0 aromatic heterocycles. The predicted octanol–water partition coefficient (Wildman–Crippen LogP) is 18.5. The van der Waals surface area contributed by atoms with Gasteiger partial charge in [-0.2, -0.15) is 0 Å². The van der Waals surface area contributed by atoms with Crippen LogP contribution in [0.25, 0.3) is 0 Å². The van der Waals surface area contributed by atoms with E-state index in [1.807, 2.05) is 0 Å². The molecule has 1 rings (SSSR count). The lowest BCUT2D eigenvalue weighted by Gasteiger charge is -2.40. The lowest BCUT2D eigenvalue weighted by atomic mass is 9.98. The summed E-state index contributed by atoms with van der Waals surface area (Å²) in [5.41, 5.74) is 0. The number of unbranched alkanes of at least 4 members (excludes halogenated alkanes) is 48. The van der Waals surface area contributed by atoms with Gasteiger partial charge in [0.25, 0.3) is 0 Å². The highest BCUT2D eigenvalue weighted by Gasteiger charge is 2.44. The Labute approximate surface area is 530 Å². The molecule has 1 heterocycles. The lowest BCUT2D eigenvalue weighted by Crippen LogP contribution is -2.60. The number of rotatable bonds is 66. The summed E-state index contributed by atoms with van der Waals surface area (Å²) in [5.74, 6) is -0.705. The molecule has 1 aliphatic rings. The Bertz CT molecular complexity index is 1490. The van der Waals surface area contributed by atoms with Gasteiger partial charge in [0.2, 0.25) is 5.91 Å². The second-order valence-electron chi connectivity index (χ2n) is 26.4. The Morgan fingerprint density at radius 2 is 0.698 bits per heavy atom. The second-order valence-corrected chi connectivity index (χ2v) is 26.4. The van der Waals surface area contributed by atoms with E-state index in [0.717, 1.165) is 44.9 Å². The van der Waals surface area contributed by atoms with Crippen molar-refractivity contribution in [2.75, 3.05) is 13.2 Å². The number of aliphatic hydroxyl groups is 7. The molecule has 0 radical (unpaired) electrons. The number of hydrogen-bond acceptors (Lipinski definition) is 10. The number of hydrogen-bond donors (Lipinski definition) is 8. The Morgan fingerprint density at radius 1 is 0.395 bits per heavy atom. The van der Waals surface area contributed by atoms with Gasteiger partial charge in [0.05, 0.1) is 25.4 Å². The van der Waals surface area contributed by atoms with Gasteiger partial charge in [0.1, 0.15) is 36.6 Å². The molecule has 11 heteroatoms. The van der Waals surface area contributed by atoms with Gasteiger partial charge >= 0.3 is 0 Å².